The molecule has 0 fully saturated rings. The number of carbonyl (C=O) groups excluding carboxylic acids is 2. The number of fused-ring (bicyclic) bond motifs is 1. The summed E-state index contributed by atoms with van der Waals surface area (Å²) in [5, 5.41) is 0. The second-order valence-electron chi connectivity index (χ2n) is 6.27. The van der Waals surface area contributed by atoms with Crippen LogP contribution in [0.5, 0.6) is 0 Å². The summed E-state index contributed by atoms with van der Waals surface area (Å²) in [5.74, 6) is -1.30. The topological polar surface area (TPSA) is 68.4 Å². The highest BCUT2D eigenvalue weighted by Gasteiger charge is 2.53. The van der Waals surface area contributed by atoms with Crippen molar-refractivity contribution in [3.8, 4) is 11.3 Å². The summed E-state index contributed by atoms with van der Waals surface area (Å²) in [7, 11) is 2.57. The van der Waals surface area contributed by atoms with Crippen molar-refractivity contribution in [2.45, 2.75) is 18.8 Å². The molecule has 1 aromatic carbocycles. The van der Waals surface area contributed by atoms with E-state index in [4.69, 9.17) is 9.47 Å². The fraction of sp³-hybridized carbons (Fsp3) is 0.300. The van der Waals surface area contributed by atoms with Crippen LogP contribution in [0.25, 0.3) is 11.3 Å². The van der Waals surface area contributed by atoms with Crippen molar-refractivity contribution in [2.24, 2.45) is 5.41 Å². The number of rotatable bonds is 4. The predicted octanol–water partition coefficient (Wildman–Crippen LogP) is 3.23. The Morgan fingerprint density at radius 2 is 1.84 bits per heavy atom. The first-order chi connectivity index (χ1) is 12.1. The van der Waals surface area contributed by atoms with Crippen LogP contribution in [0.15, 0.2) is 49.1 Å². The summed E-state index contributed by atoms with van der Waals surface area (Å²) in [6.07, 6.45) is 2.27. The molecule has 0 saturated carbocycles. The van der Waals surface area contributed by atoms with Gasteiger partial charge >= 0.3 is 11.9 Å². The fourth-order valence-electron chi connectivity index (χ4n) is 3.62. The van der Waals surface area contributed by atoms with Crippen molar-refractivity contribution < 1.29 is 19.1 Å². The van der Waals surface area contributed by atoms with Gasteiger partial charge in [-0.2, -0.15) is 0 Å². The predicted molar refractivity (Wildman–Crippen MR) is 94.0 cm³/mol. The highest BCUT2D eigenvalue weighted by Crippen LogP contribution is 2.45. The van der Waals surface area contributed by atoms with Gasteiger partial charge in [-0.3, -0.25) is 9.59 Å². The molecule has 25 heavy (non-hydrogen) atoms. The van der Waals surface area contributed by atoms with Gasteiger partial charge in [0, 0.05) is 23.7 Å². The van der Waals surface area contributed by atoms with E-state index in [0.29, 0.717) is 0 Å². The molecular weight excluding hydrogens is 318 g/mol. The Labute approximate surface area is 146 Å². The van der Waals surface area contributed by atoms with Crippen molar-refractivity contribution >= 4 is 11.9 Å². The van der Waals surface area contributed by atoms with Gasteiger partial charge in [0.2, 0.25) is 0 Å². The molecule has 5 nitrogen and oxygen atoms in total. The zero-order valence-electron chi connectivity index (χ0n) is 14.4. The molecule has 1 heterocycles. The minimum Gasteiger partial charge on any atom is -0.468 e. The molecule has 5 heteroatoms. The Balaban J connectivity index is 2.09. The third kappa shape index (κ3) is 2.76. The smallest absolute Gasteiger partial charge is 0.323 e. The molecule has 0 saturated heterocycles. The molecule has 0 spiro atoms. The lowest BCUT2D eigenvalue weighted by Gasteiger charge is -2.35. The number of benzene rings is 1. The van der Waals surface area contributed by atoms with Gasteiger partial charge in [-0.1, -0.05) is 36.4 Å². The normalized spacial score (nSPS) is 18.1. The summed E-state index contributed by atoms with van der Waals surface area (Å²) < 4.78 is 9.85. The molecule has 0 unspecified atom stereocenters. The molecule has 1 aliphatic carbocycles. The molecular formula is C20H21NO4. The summed E-state index contributed by atoms with van der Waals surface area (Å²) in [4.78, 5) is 28.3. The first kappa shape index (κ1) is 17.0. The number of ether oxygens (including phenoxy) is 2. The minimum absolute atomic E-state index is 0.143. The number of H-pyrrole nitrogens is 1. The zero-order valence-corrected chi connectivity index (χ0v) is 14.4. The highest BCUT2D eigenvalue weighted by molar-refractivity contribution is 6.00. The van der Waals surface area contributed by atoms with E-state index in [1.54, 1.807) is 6.08 Å². The van der Waals surface area contributed by atoms with E-state index in [9.17, 15) is 9.59 Å². The van der Waals surface area contributed by atoms with Gasteiger partial charge in [-0.15, -0.1) is 6.58 Å². The van der Waals surface area contributed by atoms with Crippen molar-refractivity contribution in [3.63, 3.8) is 0 Å². The number of aromatic amines is 1. The van der Waals surface area contributed by atoms with Gasteiger partial charge < -0.3 is 14.5 Å². The minimum atomic E-state index is -1.35. The van der Waals surface area contributed by atoms with Gasteiger partial charge in [-0.25, -0.2) is 0 Å². The van der Waals surface area contributed by atoms with E-state index < -0.39 is 17.4 Å². The van der Waals surface area contributed by atoms with Crippen LogP contribution in [-0.4, -0.2) is 31.1 Å². The number of esters is 2. The molecule has 0 amide bonds. The lowest BCUT2D eigenvalue weighted by atomic mass is 9.69. The van der Waals surface area contributed by atoms with E-state index >= 15 is 0 Å². The third-order valence-corrected chi connectivity index (χ3v) is 4.90. The molecule has 0 bridgehead atoms. The number of allylic oxidation sites excluding steroid dienone is 1. The maximum absolute atomic E-state index is 12.5. The maximum atomic E-state index is 12.5. The van der Waals surface area contributed by atoms with Crippen LogP contribution in [0, 0.1) is 5.41 Å². The van der Waals surface area contributed by atoms with Crippen LogP contribution < -0.4 is 0 Å². The van der Waals surface area contributed by atoms with Crippen LogP contribution in [0.2, 0.25) is 0 Å². The van der Waals surface area contributed by atoms with E-state index in [-0.39, 0.29) is 18.8 Å². The Bertz CT molecular complexity index is 790. The number of methoxy groups -OCH3 is 2. The Kier molecular flexibility index (Phi) is 4.49. The van der Waals surface area contributed by atoms with Gasteiger partial charge in [0.15, 0.2) is 5.41 Å². The average Bonchev–Trinajstić information content (AvgIpc) is 3.10. The largest absolute Gasteiger partial charge is 0.468 e. The lowest BCUT2D eigenvalue weighted by Crippen LogP contribution is -2.46. The average molecular weight is 339 g/mol. The number of carbonyl (C=O) groups is 2. The number of hydrogen-bond donors (Lipinski definition) is 1. The summed E-state index contributed by atoms with van der Waals surface area (Å²) in [6, 6.07) is 12.0. The van der Waals surface area contributed by atoms with Gasteiger partial charge in [0.05, 0.1) is 14.2 Å². The van der Waals surface area contributed by atoms with Gasteiger partial charge in [0.25, 0.3) is 0 Å². The second kappa shape index (κ2) is 6.59. The number of nitrogens with one attached hydrogen (secondary N) is 1. The van der Waals surface area contributed by atoms with E-state index in [1.807, 2.05) is 30.3 Å². The molecule has 1 atom stereocenters. The quantitative estimate of drug-likeness (QED) is 0.527. The Morgan fingerprint density at radius 1 is 1.20 bits per heavy atom. The lowest BCUT2D eigenvalue weighted by molar-refractivity contribution is -0.170. The summed E-state index contributed by atoms with van der Waals surface area (Å²) in [6.45, 7) is 3.88. The SMILES string of the molecule is C=C[C@H]1CC(C(=O)OC)(C(=O)OC)Cc2[nH]c(-c3ccccc3)cc21. The van der Waals surface area contributed by atoms with Crippen molar-refractivity contribution in [1.29, 1.82) is 0 Å². The van der Waals surface area contributed by atoms with Crippen LogP contribution >= 0.6 is 0 Å². The van der Waals surface area contributed by atoms with Crippen LogP contribution in [0.3, 0.4) is 0 Å². The van der Waals surface area contributed by atoms with Crippen molar-refractivity contribution in [1.82, 2.24) is 4.98 Å². The fourth-order valence-corrected chi connectivity index (χ4v) is 3.62. The van der Waals surface area contributed by atoms with E-state index in [2.05, 4.69) is 17.6 Å². The maximum Gasteiger partial charge on any atom is 0.323 e. The third-order valence-electron chi connectivity index (χ3n) is 4.90. The summed E-state index contributed by atoms with van der Waals surface area (Å²) >= 11 is 0. The molecule has 0 radical (unpaired) electrons. The number of hydrogen-bond acceptors (Lipinski definition) is 4. The van der Waals surface area contributed by atoms with Crippen LogP contribution in [0.4, 0.5) is 0 Å². The van der Waals surface area contributed by atoms with E-state index in [1.165, 1.54) is 14.2 Å². The van der Waals surface area contributed by atoms with Crippen LogP contribution in [-0.2, 0) is 25.5 Å². The van der Waals surface area contributed by atoms with Crippen molar-refractivity contribution in [2.75, 3.05) is 14.2 Å². The molecule has 2 aromatic rings. The first-order valence-electron chi connectivity index (χ1n) is 8.12. The molecule has 130 valence electrons. The number of aromatic nitrogens is 1. The van der Waals surface area contributed by atoms with Gasteiger partial charge in [0.1, 0.15) is 0 Å². The molecule has 1 aliphatic rings. The monoisotopic (exact) mass is 339 g/mol. The zero-order chi connectivity index (χ0) is 18.0. The van der Waals surface area contributed by atoms with Crippen molar-refractivity contribution in [3.05, 3.63) is 60.3 Å². The standard InChI is InChI=1S/C20H21NO4/c1-4-13-11-20(18(22)24-2,19(23)25-3)12-17-15(13)10-16(21-17)14-8-6-5-7-9-14/h4-10,13,21H,1,11-12H2,2-3H3/t13-/m0/s1. The second-order valence-corrected chi connectivity index (χ2v) is 6.27. The molecule has 1 aromatic heterocycles. The Hall–Kier alpha value is -2.82. The first-order valence-corrected chi connectivity index (χ1v) is 8.12. The van der Waals surface area contributed by atoms with Gasteiger partial charge in [-0.05, 0) is 23.6 Å². The Morgan fingerprint density at radius 3 is 2.40 bits per heavy atom. The summed E-state index contributed by atoms with van der Waals surface area (Å²) in [5.41, 5.74) is 2.53. The van der Waals surface area contributed by atoms with E-state index in [0.717, 1.165) is 22.5 Å². The highest BCUT2D eigenvalue weighted by atomic mass is 16.5. The molecule has 3 rings (SSSR count). The molecule has 0 aliphatic heterocycles. The van der Waals surface area contributed by atoms with Crippen LogP contribution in [0.1, 0.15) is 23.6 Å². The molecule has 1 N–H and O–H groups in total.